The number of H-pyrrole nitrogens is 1. The summed E-state index contributed by atoms with van der Waals surface area (Å²) >= 11 is 0. The molecule has 2 saturated heterocycles. The second-order valence-electron chi connectivity index (χ2n) is 15.8. The summed E-state index contributed by atoms with van der Waals surface area (Å²) in [5.41, 5.74) is 4.03. The van der Waals surface area contributed by atoms with E-state index < -0.39 is 35.3 Å². The average molecular weight is 837 g/mol. The zero-order valence-corrected chi connectivity index (χ0v) is 33.6. The van der Waals surface area contributed by atoms with Crippen molar-refractivity contribution in [1.82, 2.24) is 25.2 Å². The van der Waals surface area contributed by atoms with Gasteiger partial charge in [0.1, 0.15) is 23.6 Å². The number of halogens is 5. The lowest BCUT2D eigenvalue weighted by Crippen LogP contribution is -2.38. The summed E-state index contributed by atoms with van der Waals surface area (Å²) in [6.45, 7) is 11.1. The lowest BCUT2D eigenvalue weighted by Gasteiger charge is -2.33. The number of aromatic amines is 1. The number of anilines is 1. The number of likely N-dealkylation sites (tertiary alicyclic amines) is 1. The SMILES string of the molecule is Cc1c(NC(=O)c2ccc(C(C)(C)O)cc2F)cc(F)cc1-c1ncnc2[nH]c(-c3ccc(COC4CCN(CCC5CCNCC5)CC4)cc3)cc12.O=C(O)C(F)(F)F. The van der Waals surface area contributed by atoms with Crippen LogP contribution in [0.25, 0.3) is 33.5 Å². The van der Waals surface area contributed by atoms with E-state index in [1.54, 1.807) is 6.92 Å². The van der Waals surface area contributed by atoms with E-state index in [-0.39, 0.29) is 17.4 Å². The Balaban J connectivity index is 0.000000793. The molecule has 0 radical (unpaired) electrons. The number of benzene rings is 3. The summed E-state index contributed by atoms with van der Waals surface area (Å²) in [7, 11) is 0. The minimum atomic E-state index is -5.08. The van der Waals surface area contributed by atoms with Gasteiger partial charge in [-0.2, -0.15) is 13.2 Å². The lowest BCUT2D eigenvalue weighted by atomic mass is 9.94. The number of carbonyl (C=O) groups excluding carboxylic acids is 1. The number of nitrogens with one attached hydrogen (secondary N) is 3. The molecule has 5 N–H and O–H groups in total. The van der Waals surface area contributed by atoms with Crippen LogP contribution in [0, 0.1) is 24.5 Å². The third kappa shape index (κ3) is 11.3. The molecule has 11 nitrogen and oxygen atoms in total. The molecule has 16 heteroatoms. The molecule has 0 spiro atoms. The first-order valence-corrected chi connectivity index (χ1v) is 19.9. The molecule has 320 valence electrons. The Morgan fingerprint density at radius 1 is 0.950 bits per heavy atom. The fourth-order valence-corrected chi connectivity index (χ4v) is 7.46. The molecule has 0 bridgehead atoms. The van der Waals surface area contributed by atoms with Gasteiger partial charge in [0.25, 0.3) is 5.91 Å². The van der Waals surface area contributed by atoms with Gasteiger partial charge in [-0.3, -0.25) is 4.79 Å². The van der Waals surface area contributed by atoms with Crippen molar-refractivity contribution in [3.05, 3.63) is 101 Å². The zero-order valence-electron chi connectivity index (χ0n) is 33.6. The van der Waals surface area contributed by atoms with E-state index in [1.165, 1.54) is 70.2 Å². The van der Waals surface area contributed by atoms with Crippen molar-refractivity contribution in [3.8, 4) is 22.5 Å². The number of rotatable bonds is 11. The molecular weight excluding hydrogens is 788 g/mol. The third-order valence-electron chi connectivity index (χ3n) is 11.1. The fraction of sp³-hybridized carbons (Fsp3) is 0.409. The van der Waals surface area contributed by atoms with Gasteiger partial charge in [-0.15, -0.1) is 0 Å². The van der Waals surface area contributed by atoms with Crippen molar-refractivity contribution in [1.29, 1.82) is 0 Å². The molecule has 0 aliphatic carbocycles. The highest BCUT2D eigenvalue weighted by atomic mass is 19.4. The summed E-state index contributed by atoms with van der Waals surface area (Å²) in [5, 5.41) is 24.2. The number of aromatic nitrogens is 3. The van der Waals surface area contributed by atoms with Gasteiger partial charge in [0.15, 0.2) is 0 Å². The molecule has 1 amide bonds. The molecule has 3 aromatic carbocycles. The molecule has 0 atom stereocenters. The van der Waals surface area contributed by atoms with Crippen LogP contribution >= 0.6 is 0 Å². The molecule has 2 aliphatic heterocycles. The molecular formula is C44H49F5N6O5. The maximum atomic E-state index is 15.1. The number of amides is 1. The van der Waals surface area contributed by atoms with Gasteiger partial charge in [0, 0.05) is 35.4 Å². The summed E-state index contributed by atoms with van der Waals surface area (Å²) in [4.78, 5) is 36.9. The van der Waals surface area contributed by atoms with Crippen LogP contribution in [0.5, 0.6) is 0 Å². The van der Waals surface area contributed by atoms with Gasteiger partial charge >= 0.3 is 12.1 Å². The van der Waals surface area contributed by atoms with E-state index in [2.05, 4.69) is 42.6 Å². The molecule has 2 aromatic heterocycles. The number of hydrogen-bond acceptors (Lipinski definition) is 8. The van der Waals surface area contributed by atoms with Gasteiger partial charge in [-0.25, -0.2) is 23.5 Å². The number of aliphatic carboxylic acids is 1. The second kappa shape index (κ2) is 19.0. The van der Waals surface area contributed by atoms with Crippen molar-refractivity contribution < 1.29 is 46.5 Å². The van der Waals surface area contributed by atoms with Gasteiger partial charge in [0.2, 0.25) is 0 Å². The molecule has 0 saturated carbocycles. The normalized spacial score (nSPS) is 15.8. The Bertz CT molecular complexity index is 2280. The zero-order chi connectivity index (χ0) is 43.2. The number of fused-ring (bicyclic) bond motifs is 1. The van der Waals surface area contributed by atoms with Crippen LogP contribution in [0.3, 0.4) is 0 Å². The van der Waals surface area contributed by atoms with Crippen LogP contribution < -0.4 is 10.6 Å². The molecule has 2 aliphatic rings. The van der Waals surface area contributed by atoms with Crippen molar-refractivity contribution in [2.75, 3.05) is 38.0 Å². The predicted octanol–water partition coefficient (Wildman–Crippen LogP) is 8.36. The van der Waals surface area contributed by atoms with Gasteiger partial charge < -0.3 is 35.5 Å². The molecule has 0 unspecified atom stereocenters. The highest BCUT2D eigenvalue weighted by Crippen LogP contribution is 2.35. The lowest BCUT2D eigenvalue weighted by molar-refractivity contribution is -0.192. The summed E-state index contributed by atoms with van der Waals surface area (Å²) in [6, 6.07) is 16.7. The Morgan fingerprint density at radius 3 is 2.27 bits per heavy atom. The van der Waals surface area contributed by atoms with Crippen LogP contribution in [-0.4, -0.2) is 86.9 Å². The van der Waals surface area contributed by atoms with Crippen LogP contribution in [0.15, 0.2) is 67.0 Å². The second-order valence-corrected chi connectivity index (χ2v) is 15.8. The maximum Gasteiger partial charge on any atom is 0.490 e. The number of ether oxygens (including phenoxy) is 1. The molecule has 5 aromatic rings. The van der Waals surface area contributed by atoms with E-state index in [9.17, 15) is 27.5 Å². The Hall–Kier alpha value is -5.29. The number of piperidine rings is 2. The number of nitrogens with zero attached hydrogens (tertiary/aromatic N) is 3. The van der Waals surface area contributed by atoms with Crippen LogP contribution in [0.1, 0.15) is 73.0 Å². The van der Waals surface area contributed by atoms with Gasteiger partial charge in [0.05, 0.1) is 29.6 Å². The molecule has 7 rings (SSSR count). The Morgan fingerprint density at radius 2 is 1.63 bits per heavy atom. The number of alkyl halides is 3. The summed E-state index contributed by atoms with van der Waals surface area (Å²) in [6.07, 6.45) is 2.67. The third-order valence-corrected chi connectivity index (χ3v) is 11.1. The Kier molecular flexibility index (Phi) is 14.0. The monoisotopic (exact) mass is 836 g/mol. The summed E-state index contributed by atoms with van der Waals surface area (Å²) < 4.78 is 68.1. The highest BCUT2D eigenvalue weighted by molar-refractivity contribution is 6.06. The summed E-state index contributed by atoms with van der Waals surface area (Å²) in [5.74, 6) is -4.00. The first kappa shape index (κ1) is 44.3. The number of aliphatic hydroxyl groups is 1. The molecule has 60 heavy (non-hydrogen) atoms. The van der Waals surface area contributed by atoms with E-state index in [4.69, 9.17) is 14.6 Å². The standard InChI is InChI=1S/C42H48F2N6O3.C2HF3O2/c1-26-34(21-31(43)22-37(26)49-41(51)33-9-8-30(20-36(33)44)42(2,3)52)39-35-23-38(48-40(35)47-25-46-39)29-6-4-28(5-7-29)24-53-32-13-18-50(19-14-32)17-12-27-10-15-45-16-11-27;3-2(4,5)1(6)7/h4-9,20-23,25,27,32,45,52H,10-19,24H2,1-3H3,(H,49,51)(H,46,47,48);(H,6,7). The van der Waals surface area contributed by atoms with E-state index in [0.29, 0.717) is 40.0 Å². The smallest absolute Gasteiger partial charge is 0.475 e. The average Bonchev–Trinajstić information content (AvgIpc) is 3.66. The van der Waals surface area contributed by atoms with Crippen LogP contribution in [0.4, 0.5) is 27.6 Å². The fourth-order valence-electron chi connectivity index (χ4n) is 7.46. The van der Waals surface area contributed by atoms with Gasteiger partial charge in [-0.1, -0.05) is 30.3 Å². The first-order valence-electron chi connectivity index (χ1n) is 19.9. The quantitative estimate of drug-likeness (QED) is 0.0827. The highest BCUT2D eigenvalue weighted by Gasteiger charge is 2.38. The van der Waals surface area contributed by atoms with E-state index >= 15 is 4.39 Å². The number of hydrogen-bond donors (Lipinski definition) is 5. The number of carboxylic acid groups (broad SMARTS) is 1. The van der Waals surface area contributed by atoms with Crippen LogP contribution in [0.2, 0.25) is 0 Å². The molecule has 2 fully saturated rings. The maximum absolute atomic E-state index is 15.1. The first-order chi connectivity index (χ1) is 28.5. The van der Waals surface area contributed by atoms with E-state index in [1.807, 2.05) is 18.2 Å². The van der Waals surface area contributed by atoms with Crippen LogP contribution in [-0.2, 0) is 21.7 Å². The van der Waals surface area contributed by atoms with Crippen molar-refractivity contribution in [2.45, 2.75) is 77.4 Å². The van der Waals surface area contributed by atoms with Gasteiger partial charge in [-0.05, 0) is 131 Å². The minimum Gasteiger partial charge on any atom is -0.475 e. The largest absolute Gasteiger partial charge is 0.490 e. The predicted molar refractivity (Wildman–Crippen MR) is 217 cm³/mol. The minimum absolute atomic E-state index is 0.189. The topological polar surface area (TPSA) is 153 Å². The van der Waals surface area contributed by atoms with E-state index in [0.717, 1.165) is 67.8 Å². The Labute approximate surface area is 344 Å². The molecule has 4 heterocycles. The number of carbonyl (C=O) groups is 2. The van der Waals surface area contributed by atoms with Crippen molar-refractivity contribution in [2.24, 2.45) is 5.92 Å². The van der Waals surface area contributed by atoms with Crippen molar-refractivity contribution >= 4 is 28.6 Å². The van der Waals surface area contributed by atoms with Crippen molar-refractivity contribution in [3.63, 3.8) is 0 Å². The number of carboxylic acids is 1.